The number of hydrogen-bond acceptors (Lipinski definition) is 6. The van der Waals surface area contributed by atoms with Crippen LogP contribution in [-0.2, 0) is 6.54 Å². The van der Waals surface area contributed by atoms with Crippen LogP contribution in [-0.4, -0.2) is 46.6 Å². The molecule has 1 aliphatic carbocycles. The van der Waals surface area contributed by atoms with Crippen molar-refractivity contribution < 1.29 is 5.11 Å². The number of aliphatic hydroxyl groups excluding tert-OH is 1. The molecule has 0 bridgehead atoms. The number of anilines is 1. The molecule has 1 aliphatic rings. The summed E-state index contributed by atoms with van der Waals surface area (Å²) in [4.78, 5) is 13.1. The largest absolute Gasteiger partial charge is 0.391 e. The van der Waals surface area contributed by atoms with Gasteiger partial charge in [0.15, 0.2) is 5.82 Å². The molecule has 136 valence electrons. The Morgan fingerprint density at radius 2 is 2.19 bits per heavy atom. The Morgan fingerprint density at radius 1 is 1.31 bits per heavy atom. The van der Waals surface area contributed by atoms with Crippen LogP contribution in [0, 0.1) is 12.8 Å². The Bertz CT molecular complexity index is 893. The van der Waals surface area contributed by atoms with Gasteiger partial charge < -0.3 is 10.4 Å². The van der Waals surface area contributed by atoms with Crippen LogP contribution < -0.4 is 5.32 Å². The Morgan fingerprint density at radius 3 is 2.92 bits per heavy atom. The molecular formula is C17H20ClN7O. The van der Waals surface area contributed by atoms with Gasteiger partial charge in [0.1, 0.15) is 11.6 Å². The highest BCUT2D eigenvalue weighted by atomic mass is 35.5. The zero-order valence-corrected chi connectivity index (χ0v) is 15.1. The van der Waals surface area contributed by atoms with Crippen molar-refractivity contribution in [2.45, 2.75) is 38.5 Å². The lowest BCUT2D eigenvalue weighted by Crippen LogP contribution is -2.28. The van der Waals surface area contributed by atoms with E-state index in [1.807, 2.05) is 22.4 Å². The number of aliphatic hydroxyl groups is 1. The van der Waals surface area contributed by atoms with E-state index >= 15 is 0 Å². The third kappa shape index (κ3) is 3.56. The molecule has 0 spiro atoms. The number of imidazole rings is 1. The zero-order valence-electron chi connectivity index (χ0n) is 14.3. The Labute approximate surface area is 155 Å². The van der Waals surface area contributed by atoms with Crippen molar-refractivity contribution in [3.63, 3.8) is 0 Å². The van der Waals surface area contributed by atoms with Crippen LogP contribution in [0.4, 0.5) is 5.82 Å². The average molecular weight is 374 g/mol. The average Bonchev–Trinajstić information content (AvgIpc) is 3.30. The second-order valence-electron chi connectivity index (χ2n) is 6.64. The number of nitrogens with one attached hydrogen (secondary N) is 1. The number of rotatable bonds is 5. The number of aryl methyl sites for hydroxylation is 1. The van der Waals surface area contributed by atoms with Gasteiger partial charge in [0.05, 0.1) is 35.8 Å². The normalized spacial score (nSPS) is 22.7. The van der Waals surface area contributed by atoms with E-state index < -0.39 is 6.10 Å². The summed E-state index contributed by atoms with van der Waals surface area (Å²) in [5.74, 6) is 2.50. The molecule has 9 heteroatoms. The van der Waals surface area contributed by atoms with Gasteiger partial charge in [0.2, 0.25) is 0 Å². The quantitative estimate of drug-likeness (QED) is 0.711. The topological polar surface area (TPSA) is 93.7 Å². The molecule has 1 saturated carbocycles. The highest BCUT2D eigenvalue weighted by molar-refractivity contribution is 6.30. The highest BCUT2D eigenvalue weighted by Crippen LogP contribution is 2.29. The first-order chi connectivity index (χ1) is 12.6. The Kier molecular flexibility index (Phi) is 4.60. The molecule has 1 fully saturated rings. The molecule has 3 heterocycles. The minimum absolute atomic E-state index is 0.0699. The van der Waals surface area contributed by atoms with E-state index in [4.69, 9.17) is 11.6 Å². The fourth-order valence-electron chi connectivity index (χ4n) is 3.48. The Balaban J connectivity index is 1.43. The molecule has 2 N–H and O–H groups in total. The summed E-state index contributed by atoms with van der Waals surface area (Å²) in [6.45, 7) is 2.65. The molecule has 8 nitrogen and oxygen atoms in total. The fourth-order valence-corrected chi connectivity index (χ4v) is 3.63. The molecule has 26 heavy (non-hydrogen) atoms. The second-order valence-corrected chi connectivity index (χ2v) is 7.08. The van der Waals surface area contributed by atoms with E-state index in [-0.39, 0.29) is 6.04 Å². The maximum Gasteiger partial charge on any atom is 0.159 e. The maximum atomic E-state index is 10.4. The van der Waals surface area contributed by atoms with Crippen molar-refractivity contribution in [2.75, 3.05) is 5.32 Å². The summed E-state index contributed by atoms with van der Waals surface area (Å²) in [6.07, 6.45) is 11.5. The van der Waals surface area contributed by atoms with Crippen LogP contribution in [0.25, 0.3) is 5.82 Å². The van der Waals surface area contributed by atoms with Crippen molar-refractivity contribution in [2.24, 2.45) is 5.92 Å². The standard InChI is InChI=1S/C17H20ClN7O/c1-11-20-2-3-25(11)17-8-19-7-16(23-17)22-14-4-12(5-15(14)26)9-24-10-13(18)6-21-24/h2-3,6-8,10,12,14-15,26H,4-5,9H2,1H3,(H,22,23)/t12?,14-,15-/m1/s1. The van der Waals surface area contributed by atoms with Gasteiger partial charge in [0, 0.05) is 25.1 Å². The lowest BCUT2D eigenvalue weighted by molar-refractivity contribution is 0.166. The van der Waals surface area contributed by atoms with Gasteiger partial charge in [-0.25, -0.2) is 9.97 Å². The number of halogens is 1. The lowest BCUT2D eigenvalue weighted by atomic mass is 10.1. The summed E-state index contributed by atoms with van der Waals surface area (Å²) in [5.41, 5.74) is 0. The van der Waals surface area contributed by atoms with Gasteiger partial charge in [-0.15, -0.1) is 0 Å². The molecular weight excluding hydrogens is 354 g/mol. The first-order valence-corrected chi connectivity index (χ1v) is 8.91. The van der Waals surface area contributed by atoms with Crippen LogP contribution in [0.1, 0.15) is 18.7 Å². The van der Waals surface area contributed by atoms with Crippen LogP contribution in [0.2, 0.25) is 5.02 Å². The molecule has 0 amide bonds. The molecule has 0 aromatic carbocycles. The Hall–Kier alpha value is -2.45. The molecule has 0 radical (unpaired) electrons. The molecule has 0 aliphatic heterocycles. The van der Waals surface area contributed by atoms with Crippen LogP contribution in [0.5, 0.6) is 0 Å². The molecule has 3 aromatic heterocycles. The number of hydrogen-bond donors (Lipinski definition) is 2. The van der Waals surface area contributed by atoms with Gasteiger partial charge in [-0.2, -0.15) is 5.10 Å². The van der Waals surface area contributed by atoms with Crippen molar-refractivity contribution >= 4 is 17.4 Å². The summed E-state index contributed by atoms with van der Waals surface area (Å²) in [5, 5.41) is 18.6. The molecule has 3 atom stereocenters. The molecule has 1 unspecified atom stereocenters. The van der Waals surface area contributed by atoms with Gasteiger partial charge >= 0.3 is 0 Å². The minimum atomic E-state index is -0.438. The SMILES string of the molecule is Cc1nccn1-c1cncc(N[C@@H]2CC(Cn3cc(Cl)cn3)C[C@H]2O)n1. The van der Waals surface area contributed by atoms with Crippen molar-refractivity contribution in [3.05, 3.63) is 48.0 Å². The van der Waals surface area contributed by atoms with Crippen molar-refractivity contribution in [3.8, 4) is 5.82 Å². The lowest BCUT2D eigenvalue weighted by Gasteiger charge is -2.17. The fraction of sp³-hybridized carbons (Fsp3) is 0.412. The van der Waals surface area contributed by atoms with E-state index in [1.54, 1.807) is 31.0 Å². The van der Waals surface area contributed by atoms with Crippen LogP contribution >= 0.6 is 11.6 Å². The zero-order chi connectivity index (χ0) is 18.1. The first kappa shape index (κ1) is 17.0. The van der Waals surface area contributed by atoms with Gasteiger partial charge in [-0.3, -0.25) is 14.2 Å². The monoisotopic (exact) mass is 373 g/mol. The maximum absolute atomic E-state index is 10.4. The third-order valence-corrected chi connectivity index (χ3v) is 4.90. The summed E-state index contributed by atoms with van der Waals surface area (Å²) >= 11 is 5.91. The van der Waals surface area contributed by atoms with Crippen LogP contribution in [0.3, 0.4) is 0 Å². The van der Waals surface area contributed by atoms with E-state index in [9.17, 15) is 5.11 Å². The number of aromatic nitrogens is 6. The predicted octanol–water partition coefficient (Wildman–Crippen LogP) is 2.07. The summed E-state index contributed by atoms with van der Waals surface area (Å²) in [7, 11) is 0. The van der Waals surface area contributed by atoms with Gasteiger partial charge in [-0.05, 0) is 25.7 Å². The minimum Gasteiger partial charge on any atom is -0.391 e. The summed E-state index contributed by atoms with van der Waals surface area (Å²) < 4.78 is 3.69. The van der Waals surface area contributed by atoms with E-state index in [0.717, 1.165) is 18.8 Å². The smallest absolute Gasteiger partial charge is 0.159 e. The van der Waals surface area contributed by atoms with E-state index in [0.29, 0.717) is 29.0 Å². The van der Waals surface area contributed by atoms with Crippen molar-refractivity contribution in [1.82, 2.24) is 29.3 Å². The van der Waals surface area contributed by atoms with Gasteiger partial charge in [0.25, 0.3) is 0 Å². The van der Waals surface area contributed by atoms with Gasteiger partial charge in [-0.1, -0.05) is 11.6 Å². The first-order valence-electron chi connectivity index (χ1n) is 8.53. The number of nitrogens with zero attached hydrogens (tertiary/aromatic N) is 6. The van der Waals surface area contributed by atoms with E-state index in [1.165, 1.54) is 0 Å². The molecule has 3 aromatic rings. The highest BCUT2D eigenvalue weighted by Gasteiger charge is 2.33. The predicted molar refractivity (Wildman–Crippen MR) is 97.3 cm³/mol. The summed E-state index contributed by atoms with van der Waals surface area (Å²) in [6, 6.07) is -0.0699. The molecule has 4 rings (SSSR count). The van der Waals surface area contributed by atoms with E-state index in [2.05, 4.69) is 25.4 Å². The van der Waals surface area contributed by atoms with Crippen LogP contribution in [0.15, 0.2) is 37.2 Å². The second kappa shape index (κ2) is 7.05. The third-order valence-electron chi connectivity index (χ3n) is 4.70. The van der Waals surface area contributed by atoms with Crippen molar-refractivity contribution in [1.29, 1.82) is 0 Å². The molecule has 0 saturated heterocycles.